The molecule has 2 aliphatic heterocycles. The van der Waals surface area contributed by atoms with Gasteiger partial charge in [0.2, 0.25) is 0 Å². The van der Waals surface area contributed by atoms with Gasteiger partial charge in [0, 0.05) is 23.8 Å². The van der Waals surface area contributed by atoms with Crippen molar-refractivity contribution in [3.63, 3.8) is 0 Å². The van der Waals surface area contributed by atoms with Crippen molar-refractivity contribution in [1.29, 1.82) is 0 Å². The second-order valence-corrected chi connectivity index (χ2v) is 9.24. The van der Waals surface area contributed by atoms with Crippen molar-refractivity contribution in [3.8, 4) is 5.75 Å². The zero-order chi connectivity index (χ0) is 25.2. The van der Waals surface area contributed by atoms with Crippen LogP contribution in [0.5, 0.6) is 5.75 Å². The Kier molecular flexibility index (Phi) is 5.11. The number of halogens is 3. The monoisotopic (exact) mass is 501 g/mol. The number of alkyl halides is 3. The van der Waals surface area contributed by atoms with Crippen LogP contribution in [0.3, 0.4) is 0 Å². The van der Waals surface area contributed by atoms with Gasteiger partial charge < -0.3 is 29.2 Å². The molecule has 2 saturated heterocycles. The zero-order valence-corrected chi connectivity index (χ0v) is 19.3. The van der Waals surface area contributed by atoms with Gasteiger partial charge in [0.25, 0.3) is 0 Å². The average Bonchev–Trinajstić information content (AvgIpc) is 3.48. The molecule has 3 aromatic heterocycles. The largest absolute Gasteiger partial charge is 0.491 e. The number of fused-ring (bicyclic) bond motifs is 3. The molecule has 188 valence electrons. The molecule has 12 heteroatoms. The Hall–Kier alpha value is -3.48. The molecule has 0 aliphatic carbocycles. The van der Waals surface area contributed by atoms with E-state index in [1.807, 2.05) is 30.7 Å². The highest BCUT2D eigenvalue weighted by molar-refractivity contribution is 5.86. The predicted octanol–water partition coefficient (Wildman–Crippen LogP) is 4.08. The summed E-state index contributed by atoms with van der Waals surface area (Å²) in [7, 11) is 0. The maximum Gasteiger partial charge on any atom is 0.417 e. The van der Waals surface area contributed by atoms with Crippen molar-refractivity contribution >= 4 is 27.8 Å². The number of rotatable bonds is 4. The first-order valence-electron chi connectivity index (χ1n) is 11.3. The Balaban J connectivity index is 1.24. The number of anilines is 1. The van der Waals surface area contributed by atoms with Crippen LogP contribution in [0.15, 0.2) is 49.1 Å². The fraction of sp³-hybridized carbons (Fsp3) is 0.375. The standard InChI is InChI=1S/C24H22F3N5O4/c1-23(2)35-18-17(10-33-14-4-3-12-7-13(24(25,26)27)9-29-16(12)8-14)34-22(19(18)36-23)32-6-5-15-20(28)30-11-31-21(15)32/h3-9,11,17-19,22H,10H2,1-2H3,(H2,28,30,31)/t17-,18-,19-,22-/m1/s1. The quantitative estimate of drug-likeness (QED) is 0.446. The topological polar surface area (TPSA) is 107 Å². The Bertz CT molecular complexity index is 1460. The first-order chi connectivity index (χ1) is 17.1. The highest BCUT2D eigenvalue weighted by Gasteiger charge is 2.56. The molecule has 0 spiro atoms. The van der Waals surface area contributed by atoms with E-state index in [1.165, 1.54) is 6.33 Å². The molecule has 6 rings (SSSR count). The normalized spacial score (nSPS) is 25.5. The number of aromatic nitrogens is 4. The lowest BCUT2D eigenvalue weighted by Gasteiger charge is -2.25. The van der Waals surface area contributed by atoms with Gasteiger partial charge in [-0.3, -0.25) is 4.98 Å². The van der Waals surface area contributed by atoms with Gasteiger partial charge in [-0.15, -0.1) is 0 Å². The molecule has 5 heterocycles. The molecule has 0 radical (unpaired) electrons. The third kappa shape index (κ3) is 3.91. The van der Waals surface area contributed by atoms with Gasteiger partial charge in [-0.1, -0.05) is 0 Å². The summed E-state index contributed by atoms with van der Waals surface area (Å²) in [6, 6.07) is 7.62. The van der Waals surface area contributed by atoms with Gasteiger partial charge >= 0.3 is 6.18 Å². The number of benzene rings is 1. The summed E-state index contributed by atoms with van der Waals surface area (Å²) in [6.07, 6.45) is -2.32. The van der Waals surface area contributed by atoms with Crippen LogP contribution in [-0.2, 0) is 20.4 Å². The van der Waals surface area contributed by atoms with E-state index < -0.39 is 42.1 Å². The molecule has 9 nitrogen and oxygen atoms in total. The van der Waals surface area contributed by atoms with E-state index in [4.69, 9.17) is 24.7 Å². The Labute approximate surface area is 202 Å². The molecule has 4 atom stereocenters. The lowest BCUT2D eigenvalue weighted by molar-refractivity contribution is -0.198. The molecule has 36 heavy (non-hydrogen) atoms. The molecular weight excluding hydrogens is 479 g/mol. The van der Waals surface area contributed by atoms with Crippen molar-refractivity contribution in [2.45, 2.75) is 50.4 Å². The van der Waals surface area contributed by atoms with E-state index in [0.29, 0.717) is 33.5 Å². The van der Waals surface area contributed by atoms with Crippen LogP contribution in [0, 0.1) is 0 Å². The summed E-state index contributed by atoms with van der Waals surface area (Å²) in [5.41, 5.74) is 6.19. The number of hydrogen-bond acceptors (Lipinski definition) is 8. The minimum atomic E-state index is -4.46. The molecule has 1 aromatic carbocycles. The van der Waals surface area contributed by atoms with Crippen molar-refractivity contribution in [2.75, 3.05) is 12.3 Å². The molecule has 0 saturated carbocycles. The van der Waals surface area contributed by atoms with E-state index in [9.17, 15) is 13.2 Å². The van der Waals surface area contributed by atoms with Crippen LogP contribution in [-0.4, -0.2) is 50.2 Å². The minimum Gasteiger partial charge on any atom is -0.491 e. The minimum absolute atomic E-state index is 0.125. The van der Waals surface area contributed by atoms with E-state index in [1.54, 1.807) is 18.2 Å². The smallest absolute Gasteiger partial charge is 0.417 e. The van der Waals surface area contributed by atoms with E-state index in [0.717, 1.165) is 12.3 Å². The number of nitrogens with zero attached hydrogens (tertiary/aromatic N) is 4. The van der Waals surface area contributed by atoms with Gasteiger partial charge in [0.15, 0.2) is 12.0 Å². The third-order valence-corrected chi connectivity index (χ3v) is 6.34. The average molecular weight is 501 g/mol. The first-order valence-corrected chi connectivity index (χ1v) is 11.3. The van der Waals surface area contributed by atoms with Crippen molar-refractivity contribution in [1.82, 2.24) is 19.5 Å². The highest BCUT2D eigenvalue weighted by atomic mass is 19.4. The number of nitrogen functional groups attached to an aromatic ring is 1. The highest BCUT2D eigenvalue weighted by Crippen LogP contribution is 2.44. The van der Waals surface area contributed by atoms with Gasteiger partial charge in [0.1, 0.15) is 48.5 Å². The number of nitrogens with two attached hydrogens (primary N) is 1. The van der Waals surface area contributed by atoms with E-state index in [-0.39, 0.29) is 6.61 Å². The Morgan fingerprint density at radius 1 is 1.08 bits per heavy atom. The summed E-state index contributed by atoms with van der Waals surface area (Å²) in [5.74, 6) is -0.0110. The van der Waals surface area contributed by atoms with Crippen molar-refractivity contribution in [2.24, 2.45) is 0 Å². The molecule has 2 aliphatic rings. The molecule has 2 N–H and O–H groups in total. The number of pyridine rings is 1. The van der Waals surface area contributed by atoms with Crippen LogP contribution in [0.4, 0.5) is 19.0 Å². The molecule has 0 unspecified atom stereocenters. The first kappa shape index (κ1) is 23.0. The maximum atomic E-state index is 13.0. The maximum absolute atomic E-state index is 13.0. The van der Waals surface area contributed by atoms with Crippen LogP contribution < -0.4 is 10.5 Å². The molecule has 4 aromatic rings. The van der Waals surface area contributed by atoms with Gasteiger partial charge in [-0.2, -0.15) is 13.2 Å². The number of ether oxygens (including phenoxy) is 4. The van der Waals surface area contributed by atoms with Crippen LogP contribution >= 0.6 is 0 Å². The summed E-state index contributed by atoms with van der Waals surface area (Å²) in [4.78, 5) is 12.3. The van der Waals surface area contributed by atoms with Gasteiger partial charge in [0.05, 0.1) is 16.5 Å². The second-order valence-electron chi connectivity index (χ2n) is 9.24. The van der Waals surface area contributed by atoms with Crippen LogP contribution in [0.1, 0.15) is 25.6 Å². The molecular formula is C24H22F3N5O4. The molecule has 0 amide bonds. The lowest BCUT2D eigenvalue weighted by atomic mass is 10.1. The fourth-order valence-electron chi connectivity index (χ4n) is 4.74. The second kappa shape index (κ2) is 8.02. The SMILES string of the molecule is CC1(C)O[C@@H]2[C@H](O1)[C@@H](COc1ccc3cc(C(F)(F)F)cnc3c1)O[C@H]2n1ccc2c(N)ncnc21. The lowest BCUT2D eigenvalue weighted by Crippen LogP contribution is -2.33. The zero-order valence-electron chi connectivity index (χ0n) is 19.3. The summed E-state index contributed by atoms with van der Waals surface area (Å²) in [5, 5.41) is 1.07. The van der Waals surface area contributed by atoms with Gasteiger partial charge in [-0.25, -0.2) is 9.97 Å². The van der Waals surface area contributed by atoms with E-state index in [2.05, 4.69) is 15.0 Å². The Morgan fingerprint density at radius 2 is 1.89 bits per heavy atom. The third-order valence-electron chi connectivity index (χ3n) is 6.34. The van der Waals surface area contributed by atoms with Crippen molar-refractivity contribution in [3.05, 3.63) is 54.6 Å². The van der Waals surface area contributed by atoms with Crippen LogP contribution in [0.2, 0.25) is 0 Å². The number of hydrogen-bond donors (Lipinski definition) is 1. The van der Waals surface area contributed by atoms with Crippen LogP contribution in [0.25, 0.3) is 21.9 Å². The molecule has 2 fully saturated rings. The fourth-order valence-corrected chi connectivity index (χ4v) is 4.74. The summed E-state index contributed by atoms with van der Waals surface area (Å²) < 4.78 is 65.4. The summed E-state index contributed by atoms with van der Waals surface area (Å²) >= 11 is 0. The van der Waals surface area contributed by atoms with Crippen molar-refractivity contribution < 1.29 is 32.1 Å². The van der Waals surface area contributed by atoms with Gasteiger partial charge in [-0.05, 0) is 38.1 Å². The summed E-state index contributed by atoms with van der Waals surface area (Å²) in [6.45, 7) is 3.79. The molecule has 0 bridgehead atoms. The van der Waals surface area contributed by atoms with E-state index >= 15 is 0 Å². The Morgan fingerprint density at radius 3 is 2.69 bits per heavy atom. The predicted molar refractivity (Wildman–Crippen MR) is 122 cm³/mol.